The van der Waals surface area contributed by atoms with Gasteiger partial charge < -0.3 is 4.74 Å². The summed E-state index contributed by atoms with van der Waals surface area (Å²) in [6, 6.07) is 0. The number of thiol groups is 1. The molecule has 2 nitrogen and oxygen atoms in total. The summed E-state index contributed by atoms with van der Waals surface area (Å²) in [6.07, 6.45) is 6.18. The standard InChI is InChI=1S/C9H12O2S/c1-11-8(10)9(12)5-6-2-3-7(9)4-6/h2-3,6-7,12H,4-5H2,1H3. The second kappa shape index (κ2) is 2.52. The molecule has 3 unspecified atom stereocenters. The predicted octanol–water partition coefficient (Wildman–Crippen LogP) is 1.42. The molecule has 0 amide bonds. The molecule has 0 aromatic carbocycles. The maximum Gasteiger partial charge on any atom is 0.322 e. The summed E-state index contributed by atoms with van der Waals surface area (Å²) in [6.45, 7) is 0. The van der Waals surface area contributed by atoms with Crippen LogP contribution in [0.5, 0.6) is 0 Å². The first-order chi connectivity index (χ1) is 5.66. The Labute approximate surface area is 77.4 Å². The van der Waals surface area contributed by atoms with Gasteiger partial charge >= 0.3 is 5.97 Å². The van der Waals surface area contributed by atoms with Crippen molar-refractivity contribution >= 4 is 18.6 Å². The maximum absolute atomic E-state index is 11.4. The van der Waals surface area contributed by atoms with Gasteiger partial charge in [-0.2, -0.15) is 12.6 Å². The van der Waals surface area contributed by atoms with E-state index < -0.39 is 4.75 Å². The van der Waals surface area contributed by atoms with Crippen molar-refractivity contribution in [3.05, 3.63) is 12.2 Å². The lowest BCUT2D eigenvalue weighted by atomic mass is 9.92. The third-order valence-electron chi connectivity index (χ3n) is 2.90. The molecular formula is C9H12O2S. The highest BCUT2D eigenvalue weighted by Gasteiger charge is 2.51. The number of methoxy groups -OCH3 is 1. The molecule has 66 valence electrons. The normalized spacial score (nSPS) is 43.5. The van der Waals surface area contributed by atoms with Gasteiger partial charge in [-0.15, -0.1) is 0 Å². The summed E-state index contributed by atoms with van der Waals surface area (Å²) in [5, 5.41) is 0. The summed E-state index contributed by atoms with van der Waals surface area (Å²) in [7, 11) is 1.43. The van der Waals surface area contributed by atoms with Crippen LogP contribution in [0.2, 0.25) is 0 Å². The van der Waals surface area contributed by atoms with Crippen molar-refractivity contribution < 1.29 is 9.53 Å². The summed E-state index contributed by atoms with van der Waals surface area (Å²) < 4.78 is 4.21. The van der Waals surface area contributed by atoms with Gasteiger partial charge in [0.05, 0.1) is 7.11 Å². The minimum absolute atomic E-state index is 0.178. The van der Waals surface area contributed by atoms with Crippen LogP contribution in [0.1, 0.15) is 12.8 Å². The van der Waals surface area contributed by atoms with Gasteiger partial charge in [0, 0.05) is 5.92 Å². The SMILES string of the molecule is COC(=O)C1(S)CC2C=CC1C2. The molecule has 2 aliphatic carbocycles. The minimum Gasteiger partial charge on any atom is -0.468 e. The van der Waals surface area contributed by atoms with Crippen LogP contribution < -0.4 is 0 Å². The molecule has 0 saturated heterocycles. The Hall–Kier alpha value is -0.440. The van der Waals surface area contributed by atoms with Gasteiger partial charge in [-0.05, 0) is 18.8 Å². The van der Waals surface area contributed by atoms with Crippen LogP contribution in [0.3, 0.4) is 0 Å². The Balaban J connectivity index is 2.23. The maximum atomic E-state index is 11.4. The van der Waals surface area contributed by atoms with E-state index >= 15 is 0 Å². The Morgan fingerprint density at radius 1 is 1.67 bits per heavy atom. The fourth-order valence-electron chi connectivity index (χ4n) is 2.24. The van der Waals surface area contributed by atoms with Crippen molar-refractivity contribution in [2.75, 3.05) is 7.11 Å². The van der Waals surface area contributed by atoms with Crippen molar-refractivity contribution in [1.29, 1.82) is 0 Å². The fourth-order valence-corrected chi connectivity index (χ4v) is 2.76. The lowest BCUT2D eigenvalue weighted by molar-refractivity contribution is -0.144. The Morgan fingerprint density at radius 3 is 2.83 bits per heavy atom. The molecular weight excluding hydrogens is 172 g/mol. The first-order valence-electron chi connectivity index (χ1n) is 4.16. The van der Waals surface area contributed by atoms with Crippen molar-refractivity contribution in [2.45, 2.75) is 17.6 Å². The van der Waals surface area contributed by atoms with Crippen molar-refractivity contribution in [3.8, 4) is 0 Å². The quantitative estimate of drug-likeness (QED) is 0.379. The van der Waals surface area contributed by atoms with Crippen molar-refractivity contribution in [2.24, 2.45) is 11.8 Å². The van der Waals surface area contributed by atoms with E-state index in [1.54, 1.807) is 0 Å². The molecule has 0 aromatic rings. The van der Waals surface area contributed by atoms with Gasteiger partial charge in [-0.25, -0.2) is 0 Å². The first kappa shape index (κ1) is 8.17. The molecule has 2 aliphatic rings. The molecule has 0 N–H and O–H groups in total. The summed E-state index contributed by atoms with van der Waals surface area (Å²) in [5.41, 5.74) is 0. The molecule has 3 heteroatoms. The van der Waals surface area contributed by atoms with E-state index in [1.807, 2.05) is 0 Å². The Kier molecular flexibility index (Phi) is 1.72. The number of carbonyl (C=O) groups excluding carboxylic acids is 1. The molecule has 0 spiro atoms. The summed E-state index contributed by atoms with van der Waals surface area (Å²) in [5.74, 6) is 0.660. The van der Waals surface area contributed by atoms with Crippen LogP contribution in [-0.2, 0) is 9.53 Å². The molecule has 0 radical (unpaired) electrons. The minimum atomic E-state index is -0.534. The van der Waals surface area contributed by atoms with Gasteiger partial charge in [-0.3, -0.25) is 4.79 Å². The second-order valence-electron chi connectivity index (χ2n) is 3.61. The number of fused-ring (bicyclic) bond motifs is 2. The number of hydrogen-bond donors (Lipinski definition) is 1. The van der Waals surface area contributed by atoms with E-state index in [-0.39, 0.29) is 5.97 Å². The van der Waals surface area contributed by atoms with Gasteiger partial charge in [0.1, 0.15) is 4.75 Å². The predicted molar refractivity (Wildman–Crippen MR) is 49.1 cm³/mol. The van der Waals surface area contributed by atoms with E-state index in [1.165, 1.54) is 7.11 Å². The third-order valence-corrected chi connectivity index (χ3v) is 3.59. The van der Waals surface area contributed by atoms with E-state index in [2.05, 4.69) is 24.8 Å². The van der Waals surface area contributed by atoms with E-state index in [9.17, 15) is 4.79 Å². The fraction of sp³-hybridized carbons (Fsp3) is 0.667. The zero-order valence-electron chi connectivity index (χ0n) is 6.99. The number of hydrogen-bond acceptors (Lipinski definition) is 3. The van der Waals surface area contributed by atoms with Gasteiger partial charge in [0.2, 0.25) is 0 Å². The smallest absolute Gasteiger partial charge is 0.322 e. The topological polar surface area (TPSA) is 26.3 Å². The molecule has 1 saturated carbocycles. The van der Waals surface area contributed by atoms with Crippen LogP contribution >= 0.6 is 12.6 Å². The van der Waals surface area contributed by atoms with E-state index in [0.717, 1.165) is 12.8 Å². The lowest BCUT2D eigenvalue weighted by Gasteiger charge is -2.26. The van der Waals surface area contributed by atoms with Crippen molar-refractivity contribution in [3.63, 3.8) is 0 Å². The number of ether oxygens (including phenoxy) is 1. The first-order valence-corrected chi connectivity index (χ1v) is 4.60. The molecule has 1 fully saturated rings. The van der Waals surface area contributed by atoms with Crippen LogP contribution in [-0.4, -0.2) is 17.8 Å². The Morgan fingerprint density at radius 2 is 2.42 bits per heavy atom. The molecule has 2 bridgehead atoms. The molecule has 0 aliphatic heterocycles. The molecule has 3 atom stereocenters. The second-order valence-corrected chi connectivity index (χ2v) is 4.41. The average Bonchev–Trinajstić information content (AvgIpc) is 2.62. The number of carbonyl (C=O) groups is 1. The molecule has 0 aromatic heterocycles. The number of rotatable bonds is 1. The van der Waals surface area contributed by atoms with E-state index in [4.69, 9.17) is 4.74 Å². The van der Waals surface area contributed by atoms with Crippen molar-refractivity contribution in [1.82, 2.24) is 0 Å². The van der Waals surface area contributed by atoms with Crippen LogP contribution in [0.25, 0.3) is 0 Å². The zero-order valence-corrected chi connectivity index (χ0v) is 7.88. The third kappa shape index (κ3) is 0.922. The zero-order chi connectivity index (χ0) is 8.77. The highest BCUT2D eigenvalue weighted by atomic mass is 32.1. The number of esters is 1. The van der Waals surface area contributed by atoms with E-state index in [0.29, 0.717) is 11.8 Å². The highest BCUT2D eigenvalue weighted by Crippen LogP contribution is 2.50. The molecule has 0 heterocycles. The largest absolute Gasteiger partial charge is 0.468 e. The summed E-state index contributed by atoms with van der Waals surface area (Å²) >= 11 is 4.44. The van der Waals surface area contributed by atoms with Crippen LogP contribution in [0.15, 0.2) is 12.2 Å². The Bertz CT molecular complexity index is 249. The summed E-state index contributed by atoms with van der Waals surface area (Å²) in [4.78, 5) is 11.4. The monoisotopic (exact) mass is 184 g/mol. The van der Waals surface area contributed by atoms with Gasteiger partial charge in [0.15, 0.2) is 0 Å². The lowest BCUT2D eigenvalue weighted by Crippen LogP contribution is -2.37. The average molecular weight is 184 g/mol. The van der Waals surface area contributed by atoms with Gasteiger partial charge in [0.25, 0.3) is 0 Å². The van der Waals surface area contributed by atoms with Crippen LogP contribution in [0.4, 0.5) is 0 Å². The van der Waals surface area contributed by atoms with Crippen LogP contribution in [0, 0.1) is 11.8 Å². The molecule has 2 rings (SSSR count). The van der Waals surface area contributed by atoms with Gasteiger partial charge in [-0.1, -0.05) is 12.2 Å². The molecule has 12 heavy (non-hydrogen) atoms. The highest BCUT2D eigenvalue weighted by molar-refractivity contribution is 7.82. The number of allylic oxidation sites excluding steroid dienone is 2.